The summed E-state index contributed by atoms with van der Waals surface area (Å²) >= 11 is 13.3. The van der Waals surface area contributed by atoms with Gasteiger partial charge in [0, 0.05) is 18.0 Å². The predicted molar refractivity (Wildman–Crippen MR) is 101 cm³/mol. The standard InChI is InChI=1S/C17H12Cl2N4OS/c18-12-4-1-5-14(17(12)19)21-15(24)10-25-16-7-6-13(22-23-16)11-3-2-8-20-9-11/h1-9H,10H2,(H,21,24). The average Bonchev–Trinajstić information content (AvgIpc) is 2.65. The number of benzene rings is 1. The Kier molecular flexibility index (Phi) is 5.86. The summed E-state index contributed by atoms with van der Waals surface area (Å²) < 4.78 is 0. The second-order valence-electron chi connectivity index (χ2n) is 4.94. The predicted octanol–water partition coefficient (Wildman–Crippen LogP) is 4.58. The van der Waals surface area contributed by atoms with E-state index in [9.17, 15) is 4.79 Å². The molecule has 3 aromatic rings. The summed E-state index contributed by atoms with van der Waals surface area (Å²) in [5.41, 5.74) is 2.10. The molecule has 8 heteroatoms. The number of thioether (sulfide) groups is 1. The highest BCUT2D eigenvalue weighted by Crippen LogP contribution is 2.29. The Bertz CT molecular complexity index is 876. The molecule has 0 unspecified atom stereocenters. The Morgan fingerprint density at radius 3 is 2.68 bits per heavy atom. The van der Waals surface area contributed by atoms with Gasteiger partial charge in [0.05, 0.1) is 27.2 Å². The van der Waals surface area contributed by atoms with E-state index in [1.807, 2.05) is 24.3 Å². The van der Waals surface area contributed by atoms with Crippen molar-refractivity contribution in [2.24, 2.45) is 0 Å². The van der Waals surface area contributed by atoms with Crippen LogP contribution in [0.5, 0.6) is 0 Å². The highest BCUT2D eigenvalue weighted by molar-refractivity contribution is 7.99. The fraction of sp³-hybridized carbons (Fsp3) is 0.0588. The molecule has 0 aliphatic carbocycles. The molecule has 0 atom stereocenters. The summed E-state index contributed by atoms with van der Waals surface area (Å²) in [5, 5.41) is 12.4. The fourth-order valence-corrected chi connectivity index (χ4v) is 2.95. The summed E-state index contributed by atoms with van der Waals surface area (Å²) in [6, 6.07) is 12.5. The number of nitrogens with zero attached hydrogens (tertiary/aromatic N) is 3. The maximum atomic E-state index is 12.0. The zero-order valence-corrected chi connectivity index (χ0v) is 15.1. The van der Waals surface area contributed by atoms with Gasteiger partial charge in [-0.2, -0.15) is 0 Å². The molecular formula is C17H12Cl2N4OS. The molecule has 5 nitrogen and oxygen atoms in total. The molecule has 1 aromatic carbocycles. The van der Waals surface area contributed by atoms with E-state index < -0.39 is 0 Å². The molecule has 126 valence electrons. The van der Waals surface area contributed by atoms with E-state index in [-0.39, 0.29) is 11.7 Å². The average molecular weight is 391 g/mol. The maximum Gasteiger partial charge on any atom is 0.234 e. The minimum Gasteiger partial charge on any atom is -0.324 e. The lowest BCUT2D eigenvalue weighted by Crippen LogP contribution is -2.14. The van der Waals surface area contributed by atoms with Gasteiger partial charge in [0.15, 0.2) is 0 Å². The second-order valence-corrected chi connectivity index (χ2v) is 6.72. The number of rotatable bonds is 5. The van der Waals surface area contributed by atoms with Crippen LogP contribution in [0.3, 0.4) is 0 Å². The van der Waals surface area contributed by atoms with E-state index in [4.69, 9.17) is 23.2 Å². The number of amides is 1. The van der Waals surface area contributed by atoms with Crippen molar-refractivity contribution < 1.29 is 4.79 Å². The van der Waals surface area contributed by atoms with Crippen LogP contribution in [0.15, 0.2) is 59.9 Å². The molecule has 0 bridgehead atoms. The van der Waals surface area contributed by atoms with Crippen LogP contribution >= 0.6 is 35.0 Å². The molecule has 3 rings (SSSR count). The zero-order valence-electron chi connectivity index (χ0n) is 12.8. The molecule has 1 N–H and O–H groups in total. The van der Waals surface area contributed by atoms with Gasteiger partial charge in [0.25, 0.3) is 0 Å². The van der Waals surface area contributed by atoms with Crippen LogP contribution in [0.2, 0.25) is 10.0 Å². The summed E-state index contributed by atoms with van der Waals surface area (Å²) in [5.74, 6) is -0.0173. The second kappa shape index (κ2) is 8.29. The van der Waals surface area contributed by atoms with E-state index in [0.717, 1.165) is 11.3 Å². The number of aromatic nitrogens is 3. The first kappa shape index (κ1) is 17.7. The highest BCUT2D eigenvalue weighted by atomic mass is 35.5. The van der Waals surface area contributed by atoms with Gasteiger partial charge in [-0.1, -0.05) is 41.0 Å². The van der Waals surface area contributed by atoms with Crippen LogP contribution in [0, 0.1) is 0 Å². The molecule has 25 heavy (non-hydrogen) atoms. The lowest BCUT2D eigenvalue weighted by atomic mass is 10.2. The van der Waals surface area contributed by atoms with Crippen molar-refractivity contribution in [1.29, 1.82) is 0 Å². The van der Waals surface area contributed by atoms with Crippen molar-refractivity contribution in [2.75, 3.05) is 11.1 Å². The summed E-state index contributed by atoms with van der Waals surface area (Å²) in [7, 11) is 0. The minimum atomic E-state index is -0.202. The Balaban J connectivity index is 1.58. The molecule has 1 amide bonds. The number of anilines is 1. The first-order chi connectivity index (χ1) is 12.1. The van der Waals surface area contributed by atoms with Crippen molar-refractivity contribution in [3.8, 4) is 11.3 Å². The van der Waals surface area contributed by atoms with E-state index >= 15 is 0 Å². The molecule has 0 aliphatic rings. The molecule has 0 spiro atoms. The smallest absolute Gasteiger partial charge is 0.234 e. The Hall–Kier alpha value is -2.15. The fourth-order valence-electron chi connectivity index (χ4n) is 1.99. The van der Waals surface area contributed by atoms with Gasteiger partial charge < -0.3 is 5.32 Å². The van der Waals surface area contributed by atoms with Gasteiger partial charge in [-0.15, -0.1) is 10.2 Å². The molecule has 0 saturated carbocycles. The van der Waals surface area contributed by atoms with Crippen LogP contribution in [-0.4, -0.2) is 26.8 Å². The Morgan fingerprint density at radius 1 is 1.08 bits per heavy atom. The van der Waals surface area contributed by atoms with E-state index in [1.54, 1.807) is 30.6 Å². The monoisotopic (exact) mass is 390 g/mol. The van der Waals surface area contributed by atoms with Crippen LogP contribution in [0.25, 0.3) is 11.3 Å². The number of carbonyl (C=O) groups excluding carboxylic acids is 1. The van der Waals surface area contributed by atoms with Crippen molar-refractivity contribution >= 4 is 46.6 Å². The van der Waals surface area contributed by atoms with Gasteiger partial charge in [-0.25, -0.2) is 0 Å². The van der Waals surface area contributed by atoms with Gasteiger partial charge >= 0.3 is 0 Å². The molecule has 2 aromatic heterocycles. The quantitative estimate of drug-likeness (QED) is 0.645. The third-order valence-corrected chi connectivity index (χ3v) is 4.91. The van der Waals surface area contributed by atoms with Gasteiger partial charge in [0.1, 0.15) is 5.03 Å². The van der Waals surface area contributed by atoms with Gasteiger partial charge in [-0.3, -0.25) is 9.78 Å². The third-order valence-electron chi connectivity index (χ3n) is 3.17. The van der Waals surface area contributed by atoms with Crippen LogP contribution in [0.1, 0.15) is 0 Å². The number of halogens is 2. The molecule has 0 saturated heterocycles. The molecule has 0 fully saturated rings. The number of hydrogen-bond acceptors (Lipinski definition) is 5. The van der Waals surface area contributed by atoms with Crippen molar-refractivity contribution in [3.63, 3.8) is 0 Å². The maximum absolute atomic E-state index is 12.0. The van der Waals surface area contributed by atoms with E-state index in [2.05, 4.69) is 20.5 Å². The minimum absolute atomic E-state index is 0.184. The van der Waals surface area contributed by atoms with Gasteiger partial charge in [0.2, 0.25) is 5.91 Å². The van der Waals surface area contributed by atoms with Crippen molar-refractivity contribution in [2.45, 2.75) is 5.03 Å². The highest BCUT2D eigenvalue weighted by Gasteiger charge is 2.09. The number of hydrogen-bond donors (Lipinski definition) is 1. The molecular weight excluding hydrogens is 379 g/mol. The lowest BCUT2D eigenvalue weighted by molar-refractivity contribution is -0.113. The van der Waals surface area contributed by atoms with Crippen LogP contribution < -0.4 is 5.32 Å². The van der Waals surface area contributed by atoms with Crippen molar-refractivity contribution in [3.05, 3.63) is 64.9 Å². The van der Waals surface area contributed by atoms with E-state index in [0.29, 0.717) is 20.8 Å². The van der Waals surface area contributed by atoms with Crippen LogP contribution in [0.4, 0.5) is 5.69 Å². The van der Waals surface area contributed by atoms with Crippen LogP contribution in [-0.2, 0) is 4.79 Å². The SMILES string of the molecule is O=C(CSc1ccc(-c2cccnc2)nn1)Nc1cccc(Cl)c1Cl. The molecule has 0 aliphatic heterocycles. The first-order valence-electron chi connectivity index (χ1n) is 7.24. The lowest BCUT2D eigenvalue weighted by Gasteiger charge is -2.07. The summed E-state index contributed by atoms with van der Waals surface area (Å²) in [4.78, 5) is 16.1. The summed E-state index contributed by atoms with van der Waals surface area (Å²) in [6.07, 6.45) is 3.42. The number of pyridine rings is 1. The normalized spacial score (nSPS) is 10.5. The number of nitrogens with one attached hydrogen (secondary N) is 1. The molecule has 2 heterocycles. The largest absolute Gasteiger partial charge is 0.324 e. The third kappa shape index (κ3) is 4.69. The topological polar surface area (TPSA) is 67.8 Å². The number of carbonyl (C=O) groups is 1. The zero-order chi connectivity index (χ0) is 17.6. The molecule has 0 radical (unpaired) electrons. The summed E-state index contributed by atoms with van der Waals surface area (Å²) in [6.45, 7) is 0. The van der Waals surface area contributed by atoms with Gasteiger partial charge in [-0.05, 0) is 36.4 Å². The first-order valence-corrected chi connectivity index (χ1v) is 8.98. The Morgan fingerprint density at radius 2 is 1.96 bits per heavy atom. The Labute approximate surface area is 158 Å². The van der Waals surface area contributed by atoms with E-state index in [1.165, 1.54) is 11.8 Å². The van der Waals surface area contributed by atoms with Crippen molar-refractivity contribution in [1.82, 2.24) is 15.2 Å².